The maximum atomic E-state index is 11.5. The van der Waals surface area contributed by atoms with Crippen LogP contribution < -0.4 is 10.4 Å². The Bertz CT molecular complexity index is 1120. The van der Waals surface area contributed by atoms with Gasteiger partial charge in [0.15, 0.2) is 0 Å². The van der Waals surface area contributed by atoms with Gasteiger partial charge in [-0.15, -0.1) is 0 Å². The van der Waals surface area contributed by atoms with E-state index in [-0.39, 0.29) is 5.56 Å². The molecule has 4 rings (SSSR count). The molecule has 0 aliphatic carbocycles. The third kappa shape index (κ3) is 6.00. The molecular formula is C27H38N6O2. The van der Waals surface area contributed by atoms with E-state index in [0.717, 1.165) is 65.0 Å². The van der Waals surface area contributed by atoms with E-state index in [1.165, 1.54) is 34.4 Å². The third-order valence-corrected chi connectivity index (χ3v) is 7.15. The number of carbonyl (C=O) groups is 1. The molecule has 0 unspecified atom stereocenters. The fraction of sp³-hybridized carbons (Fsp3) is 0.519. The van der Waals surface area contributed by atoms with E-state index in [1.54, 1.807) is 5.48 Å². The van der Waals surface area contributed by atoms with Gasteiger partial charge in [-0.05, 0) is 62.3 Å². The minimum Gasteiger partial charge on any atom is -0.347 e. The van der Waals surface area contributed by atoms with Gasteiger partial charge < -0.3 is 14.4 Å². The second-order valence-electron chi connectivity index (χ2n) is 9.65. The molecule has 1 fully saturated rings. The smallest absolute Gasteiger partial charge is 0.277 e. The second kappa shape index (κ2) is 11.6. The number of aryl methyl sites for hydroxylation is 2. The Hall–Kier alpha value is -2.97. The van der Waals surface area contributed by atoms with E-state index >= 15 is 0 Å². The van der Waals surface area contributed by atoms with Crippen LogP contribution in [0.15, 0.2) is 36.8 Å². The number of rotatable bonds is 10. The fourth-order valence-electron chi connectivity index (χ4n) is 5.11. The molecule has 0 radical (unpaired) electrons. The molecule has 1 saturated heterocycles. The van der Waals surface area contributed by atoms with Crippen molar-refractivity contribution in [3.8, 4) is 0 Å². The first-order valence-corrected chi connectivity index (χ1v) is 12.8. The first kappa shape index (κ1) is 25.1. The number of nitrogens with zero attached hydrogens (tertiary/aromatic N) is 5. The van der Waals surface area contributed by atoms with E-state index in [0.29, 0.717) is 11.9 Å². The van der Waals surface area contributed by atoms with Crippen LogP contribution in [0.1, 0.15) is 54.6 Å². The second-order valence-corrected chi connectivity index (χ2v) is 9.65. The molecule has 1 amide bonds. The van der Waals surface area contributed by atoms with Crippen LogP contribution in [0.2, 0.25) is 0 Å². The first-order chi connectivity index (χ1) is 17.0. The van der Waals surface area contributed by atoms with Gasteiger partial charge in [0.25, 0.3) is 5.91 Å². The zero-order valence-corrected chi connectivity index (χ0v) is 21.2. The van der Waals surface area contributed by atoms with Crippen molar-refractivity contribution < 1.29 is 10.0 Å². The van der Waals surface area contributed by atoms with Gasteiger partial charge in [0.2, 0.25) is 5.95 Å². The SMILES string of the molecule is CCCn1cc(CCN(CC)CC2CCN(c3ncc(C(=O)NO)cn3)CC2)c2ccc(C)cc21. The summed E-state index contributed by atoms with van der Waals surface area (Å²) in [7, 11) is 0. The van der Waals surface area contributed by atoms with Crippen LogP contribution in [0.5, 0.6) is 0 Å². The summed E-state index contributed by atoms with van der Waals surface area (Å²) < 4.78 is 2.43. The third-order valence-electron chi connectivity index (χ3n) is 7.15. The number of anilines is 1. The van der Waals surface area contributed by atoms with E-state index in [2.05, 4.69) is 69.5 Å². The van der Waals surface area contributed by atoms with Crippen molar-refractivity contribution in [2.45, 2.75) is 53.0 Å². The van der Waals surface area contributed by atoms with Crippen LogP contribution in [0, 0.1) is 12.8 Å². The molecule has 3 aromatic rings. The summed E-state index contributed by atoms with van der Waals surface area (Å²) >= 11 is 0. The number of aromatic nitrogens is 3. The largest absolute Gasteiger partial charge is 0.347 e. The van der Waals surface area contributed by atoms with Gasteiger partial charge >= 0.3 is 0 Å². The molecule has 8 heteroatoms. The highest BCUT2D eigenvalue weighted by molar-refractivity contribution is 5.92. The topological polar surface area (TPSA) is 86.5 Å². The normalized spacial score (nSPS) is 14.7. The minimum atomic E-state index is -0.597. The van der Waals surface area contributed by atoms with Crippen LogP contribution in [0.3, 0.4) is 0 Å². The minimum absolute atomic E-state index is 0.248. The molecule has 2 aromatic heterocycles. The van der Waals surface area contributed by atoms with Crippen molar-refractivity contribution in [3.05, 3.63) is 53.5 Å². The molecule has 0 bridgehead atoms. The van der Waals surface area contributed by atoms with Gasteiger partial charge in [0, 0.05) is 62.2 Å². The Kier molecular flexibility index (Phi) is 8.36. The van der Waals surface area contributed by atoms with E-state index in [1.807, 2.05) is 0 Å². The zero-order chi connectivity index (χ0) is 24.8. The van der Waals surface area contributed by atoms with Crippen LogP contribution in [-0.2, 0) is 13.0 Å². The lowest BCUT2D eigenvalue weighted by molar-refractivity contribution is 0.0705. The highest BCUT2D eigenvalue weighted by atomic mass is 16.5. The molecule has 0 saturated carbocycles. The van der Waals surface area contributed by atoms with Crippen molar-refractivity contribution in [2.24, 2.45) is 5.92 Å². The highest BCUT2D eigenvalue weighted by Crippen LogP contribution is 2.25. The van der Waals surface area contributed by atoms with Crippen LogP contribution >= 0.6 is 0 Å². The van der Waals surface area contributed by atoms with Gasteiger partial charge in [-0.1, -0.05) is 26.0 Å². The average Bonchev–Trinajstić information content (AvgIpc) is 3.23. The maximum absolute atomic E-state index is 11.5. The van der Waals surface area contributed by atoms with E-state index in [9.17, 15) is 4.79 Å². The van der Waals surface area contributed by atoms with Gasteiger partial charge in [0.05, 0.1) is 5.56 Å². The zero-order valence-electron chi connectivity index (χ0n) is 21.2. The number of likely N-dealkylation sites (N-methyl/N-ethyl adjacent to an activating group) is 1. The van der Waals surface area contributed by atoms with Gasteiger partial charge in [0.1, 0.15) is 0 Å². The summed E-state index contributed by atoms with van der Waals surface area (Å²) in [4.78, 5) is 24.9. The fourth-order valence-corrected chi connectivity index (χ4v) is 5.11. The van der Waals surface area contributed by atoms with Crippen molar-refractivity contribution in [3.63, 3.8) is 0 Å². The summed E-state index contributed by atoms with van der Waals surface area (Å²) in [6, 6.07) is 6.84. The summed E-state index contributed by atoms with van der Waals surface area (Å²) in [5.41, 5.74) is 6.00. The number of nitrogens with one attached hydrogen (secondary N) is 1. The number of fused-ring (bicyclic) bond motifs is 1. The summed E-state index contributed by atoms with van der Waals surface area (Å²) in [5, 5.41) is 10.1. The van der Waals surface area contributed by atoms with Gasteiger partial charge in [-0.2, -0.15) is 0 Å². The van der Waals surface area contributed by atoms with Crippen molar-refractivity contribution >= 4 is 22.8 Å². The van der Waals surface area contributed by atoms with E-state index in [4.69, 9.17) is 5.21 Å². The Morgan fingerprint density at radius 3 is 2.60 bits per heavy atom. The van der Waals surface area contributed by atoms with Crippen LogP contribution in [-0.4, -0.2) is 63.3 Å². The molecule has 0 spiro atoms. The van der Waals surface area contributed by atoms with E-state index < -0.39 is 5.91 Å². The average molecular weight is 479 g/mol. The molecule has 188 valence electrons. The molecule has 0 atom stereocenters. The number of carbonyl (C=O) groups excluding carboxylic acids is 1. The molecule has 2 N–H and O–H groups in total. The number of amides is 1. The van der Waals surface area contributed by atoms with Crippen molar-refractivity contribution in [1.82, 2.24) is 24.9 Å². The molecule has 1 aromatic carbocycles. The lowest BCUT2D eigenvalue weighted by Gasteiger charge is -2.34. The number of benzene rings is 1. The molecule has 35 heavy (non-hydrogen) atoms. The Morgan fingerprint density at radius 2 is 1.94 bits per heavy atom. The van der Waals surface area contributed by atoms with Crippen molar-refractivity contribution in [1.29, 1.82) is 0 Å². The number of hydroxylamine groups is 1. The standard InChI is InChI=1S/C27H38N6O2/c1-4-11-33-19-22(24-7-6-20(3)15-25(24)33)10-12-31(5-2)18-21-8-13-32(14-9-21)27-28-16-23(17-29-27)26(34)30-35/h6-7,15-17,19,21,35H,4-5,8-14,18H2,1-3H3,(H,30,34). The molecule has 3 heterocycles. The Labute approximate surface area is 207 Å². The predicted octanol–water partition coefficient (Wildman–Crippen LogP) is 4.05. The highest BCUT2D eigenvalue weighted by Gasteiger charge is 2.23. The quantitative estimate of drug-likeness (QED) is 0.338. The van der Waals surface area contributed by atoms with Gasteiger partial charge in [-0.3, -0.25) is 10.0 Å². The predicted molar refractivity (Wildman–Crippen MR) is 139 cm³/mol. The summed E-state index contributed by atoms with van der Waals surface area (Å²) in [6.07, 6.45) is 9.71. The van der Waals surface area contributed by atoms with Crippen LogP contribution in [0.4, 0.5) is 5.95 Å². The Balaban J connectivity index is 1.31. The Morgan fingerprint density at radius 1 is 1.20 bits per heavy atom. The van der Waals surface area contributed by atoms with Crippen molar-refractivity contribution in [2.75, 3.05) is 37.6 Å². The molecular weight excluding hydrogens is 440 g/mol. The maximum Gasteiger partial charge on any atom is 0.277 e. The lowest BCUT2D eigenvalue weighted by atomic mass is 9.96. The number of piperidine rings is 1. The first-order valence-electron chi connectivity index (χ1n) is 12.8. The summed E-state index contributed by atoms with van der Waals surface area (Å²) in [5.74, 6) is 0.707. The van der Waals surface area contributed by atoms with Gasteiger partial charge in [-0.25, -0.2) is 15.4 Å². The molecule has 8 nitrogen and oxygen atoms in total. The molecule has 1 aliphatic heterocycles. The molecule has 1 aliphatic rings. The number of hydrogen-bond donors (Lipinski definition) is 2. The summed E-state index contributed by atoms with van der Waals surface area (Å²) in [6.45, 7) is 12.8. The monoisotopic (exact) mass is 478 g/mol. The lowest BCUT2D eigenvalue weighted by Crippen LogP contribution is -2.40. The number of hydrogen-bond acceptors (Lipinski definition) is 6. The van der Waals surface area contributed by atoms with Crippen LogP contribution in [0.25, 0.3) is 10.9 Å².